The maximum Gasteiger partial charge on any atom is 0.319 e. The summed E-state index contributed by atoms with van der Waals surface area (Å²) >= 11 is 0. The van der Waals surface area contributed by atoms with Crippen molar-refractivity contribution in [2.45, 2.75) is 32.1 Å². The fourth-order valence-corrected chi connectivity index (χ4v) is 1.90. The van der Waals surface area contributed by atoms with Gasteiger partial charge in [-0.1, -0.05) is 19.3 Å². The van der Waals surface area contributed by atoms with Crippen LogP contribution in [-0.4, -0.2) is 31.6 Å². The lowest BCUT2D eigenvalue weighted by atomic mass is 9.90. The molecule has 1 fully saturated rings. The number of carbonyl (C=O) groups excluding carboxylic acids is 2. The van der Waals surface area contributed by atoms with Crippen molar-refractivity contribution in [1.29, 1.82) is 0 Å². The molecule has 0 aromatic heterocycles. The molecule has 5 heteroatoms. The van der Waals surface area contributed by atoms with Crippen LogP contribution >= 0.6 is 0 Å². The molecule has 0 spiro atoms. The SMILES string of the molecule is NC(=O)CNCC(=O)OCC1CCCCC1. The molecule has 0 aromatic carbocycles. The van der Waals surface area contributed by atoms with Crippen molar-refractivity contribution in [3.63, 3.8) is 0 Å². The van der Waals surface area contributed by atoms with Gasteiger partial charge in [-0.05, 0) is 18.8 Å². The minimum Gasteiger partial charge on any atom is -0.464 e. The van der Waals surface area contributed by atoms with Crippen molar-refractivity contribution in [2.75, 3.05) is 19.7 Å². The van der Waals surface area contributed by atoms with E-state index in [2.05, 4.69) is 5.32 Å². The largest absolute Gasteiger partial charge is 0.464 e. The molecule has 1 aliphatic rings. The summed E-state index contributed by atoms with van der Waals surface area (Å²) in [6.07, 6.45) is 6.08. The molecule has 0 unspecified atom stereocenters. The van der Waals surface area contributed by atoms with Gasteiger partial charge in [-0.15, -0.1) is 0 Å². The van der Waals surface area contributed by atoms with Gasteiger partial charge < -0.3 is 10.5 Å². The maximum absolute atomic E-state index is 11.2. The number of rotatable bonds is 6. The topological polar surface area (TPSA) is 81.4 Å². The Morgan fingerprint density at radius 1 is 1.19 bits per heavy atom. The number of primary amides is 1. The van der Waals surface area contributed by atoms with Crippen LogP contribution in [0.15, 0.2) is 0 Å². The highest BCUT2D eigenvalue weighted by atomic mass is 16.5. The van der Waals surface area contributed by atoms with Gasteiger partial charge in [-0.2, -0.15) is 0 Å². The quantitative estimate of drug-likeness (QED) is 0.636. The highest BCUT2D eigenvalue weighted by Gasteiger charge is 2.15. The first-order chi connectivity index (χ1) is 7.68. The second-order valence-corrected chi connectivity index (χ2v) is 4.26. The number of nitrogens with two attached hydrogens (primary N) is 1. The third-order valence-electron chi connectivity index (χ3n) is 2.77. The molecule has 0 radical (unpaired) electrons. The first-order valence-corrected chi connectivity index (χ1v) is 5.83. The molecule has 0 saturated heterocycles. The second-order valence-electron chi connectivity index (χ2n) is 4.26. The monoisotopic (exact) mass is 228 g/mol. The van der Waals surface area contributed by atoms with E-state index >= 15 is 0 Å². The summed E-state index contributed by atoms with van der Waals surface area (Å²) in [5.74, 6) is -0.263. The van der Waals surface area contributed by atoms with Crippen LogP contribution < -0.4 is 11.1 Å². The normalized spacial score (nSPS) is 17.0. The molecule has 1 amide bonds. The molecule has 16 heavy (non-hydrogen) atoms. The molecule has 5 nitrogen and oxygen atoms in total. The van der Waals surface area contributed by atoms with E-state index in [4.69, 9.17) is 10.5 Å². The van der Waals surface area contributed by atoms with Gasteiger partial charge in [0.2, 0.25) is 5.91 Å². The van der Waals surface area contributed by atoms with Crippen LogP contribution in [0.2, 0.25) is 0 Å². The zero-order valence-corrected chi connectivity index (χ0v) is 9.54. The van der Waals surface area contributed by atoms with Gasteiger partial charge in [-0.3, -0.25) is 14.9 Å². The van der Waals surface area contributed by atoms with Gasteiger partial charge in [0.1, 0.15) is 0 Å². The van der Waals surface area contributed by atoms with Gasteiger partial charge >= 0.3 is 5.97 Å². The van der Waals surface area contributed by atoms with E-state index in [0.717, 1.165) is 12.8 Å². The Morgan fingerprint density at radius 3 is 2.50 bits per heavy atom. The summed E-state index contributed by atoms with van der Waals surface area (Å²) in [6, 6.07) is 0. The molecule has 0 aliphatic heterocycles. The summed E-state index contributed by atoms with van der Waals surface area (Å²) < 4.78 is 5.11. The maximum atomic E-state index is 11.2. The molecule has 1 saturated carbocycles. The Kier molecular flexibility index (Phi) is 5.85. The van der Waals surface area contributed by atoms with E-state index < -0.39 is 5.91 Å². The molecule has 0 atom stereocenters. The molecular formula is C11H20N2O3. The number of carbonyl (C=O) groups is 2. The smallest absolute Gasteiger partial charge is 0.319 e. The summed E-state index contributed by atoms with van der Waals surface area (Å²) in [7, 11) is 0. The summed E-state index contributed by atoms with van der Waals surface area (Å²) in [4.78, 5) is 21.6. The first kappa shape index (κ1) is 13.0. The Hall–Kier alpha value is -1.10. The lowest BCUT2D eigenvalue weighted by Crippen LogP contribution is -2.33. The van der Waals surface area contributed by atoms with Crippen LogP contribution in [0.5, 0.6) is 0 Å². The Morgan fingerprint density at radius 2 is 1.88 bits per heavy atom. The number of ether oxygens (including phenoxy) is 1. The number of esters is 1. The minimum atomic E-state index is -0.472. The fraction of sp³-hybridized carbons (Fsp3) is 0.818. The van der Waals surface area contributed by atoms with E-state index in [0.29, 0.717) is 12.5 Å². The van der Waals surface area contributed by atoms with Crippen LogP contribution in [0, 0.1) is 5.92 Å². The first-order valence-electron chi connectivity index (χ1n) is 5.83. The second kappa shape index (κ2) is 7.22. The zero-order valence-electron chi connectivity index (χ0n) is 9.54. The fourth-order valence-electron chi connectivity index (χ4n) is 1.90. The Labute approximate surface area is 95.7 Å². The standard InChI is InChI=1S/C11H20N2O3/c12-10(14)6-13-7-11(15)16-8-9-4-2-1-3-5-9/h9,13H,1-8H2,(H2,12,14). The van der Waals surface area contributed by atoms with Crippen molar-refractivity contribution in [3.8, 4) is 0 Å². The minimum absolute atomic E-state index is 0.0124. The summed E-state index contributed by atoms with van der Waals surface area (Å²) in [5.41, 5.74) is 4.92. The number of hydrogen-bond acceptors (Lipinski definition) is 4. The molecule has 1 rings (SSSR count). The average Bonchev–Trinajstić information content (AvgIpc) is 2.27. The predicted octanol–water partition coefficient (Wildman–Crippen LogP) is 0.185. The molecule has 0 aromatic rings. The van der Waals surface area contributed by atoms with Crippen molar-refractivity contribution in [1.82, 2.24) is 5.32 Å². The van der Waals surface area contributed by atoms with Crippen molar-refractivity contribution < 1.29 is 14.3 Å². The predicted molar refractivity (Wildman–Crippen MR) is 59.6 cm³/mol. The third-order valence-corrected chi connectivity index (χ3v) is 2.77. The van der Waals surface area contributed by atoms with Crippen LogP contribution in [0.3, 0.4) is 0 Å². The number of hydrogen-bond donors (Lipinski definition) is 2. The van der Waals surface area contributed by atoms with E-state index in [1.165, 1.54) is 19.3 Å². The average molecular weight is 228 g/mol. The van der Waals surface area contributed by atoms with Crippen LogP contribution in [0.1, 0.15) is 32.1 Å². The van der Waals surface area contributed by atoms with E-state index in [-0.39, 0.29) is 19.1 Å². The van der Waals surface area contributed by atoms with E-state index in [1.54, 1.807) is 0 Å². The molecule has 0 heterocycles. The van der Waals surface area contributed by atoms with Crippen molar-refractivity contribution >= 4 is 11.9 Å². The van der Waals surface area contributed by atoms with Crippen LogP contribution in [-0.2, 0) is 14.3 Å². The zero-order chi connectivity index (χ0) is 11.8. The van der Waals surface area contributed by atoms with E-state index in [9.17, 15) is 9.59 Å². The van der Waals surface area contributed by atoms with Crippen LogP contribution in [0.25, 0.3) is 0 Å². The lowest BCUT2D eigenvalue weighted by molar-refractivity contribution is -0.144. The molecule has 1 aliphatic carbocycles. The van der Waals surface area contributed by atoms with Gasteiger partial charge in [0, 0.05) is 0 Å². The highest BCUT2D eigenvalue weighted by Crippen LogP contribution is 2.23. The van der Waals surface area contributed by atoms with E-state index in [1.807, 2.05) is 0 Å². The highest BCUT2D eigenvalue weighted by molar-refractivity contribution is 5.77. The molecule has 92 valence electrons. The lowest BCUT2D eigenvalue weighted by Gasteiger charge is -2.20. The molecule has 0 bridgehead atoms. The van der Waals surface area contributed by atoms with Gasteiger partial charge in [0.25, 0.3) is 0 Å². The van der Waals surface area contributed by atoms with Gasteiger partial charge in [0.05, 0.1) is 19.7 Å². The van der Waals surface area contributed by atoms with Crippen molar-refractivity contribution in [2.24, 2.45) is 11.7 Å². The molecular weight excluding hydrogens is 208 g/mol. The number of amides is 1. The van der Waals surface area contributed by atoms with Gasteiger partial charge in [-0.25, -0.2) is 0 Å². The molecule has 3 N–H and O–H groups in total. The summed E-state index contributed by atoms with van der Waals surface area (Å²) in [5, 5.41) is 2.62. The van der Waals surface area contributed by atoms with Crippen molar-refractivity contribution in [3.05, 3.63) is 0 Å². The van der Waals surface area contributed by atoms with Gasteiger partial charge in [0.15, 0.2) is 0 Å². The Bertz CT molecular complexity index is 237. The Balaban J connectivity index is 2.02. The summed E-state index contributed by atoms with van der Waals surface area (Å²) in [6.45, 7) is 0.575. The third kappa shape index (κ3) is 5.70. The van der Waals surface area contributed by atoms with Crippen LogP contribution in [0.4, 0.5) is 0 Å². The number of nitrogens with one attached hydrogen (secondary N) is 1.